The molecule has 0 aliphatic heterocycles. The zero-order valence-corrected chi connectivity index (χ0v) is 14.5. The fourth-order valence-corrected chi connectivity index (χ4v) is 2.63. The summed E-state index contributed by atoms with van der Waals surface area (Å²) in [5, 5.41) is 3.51. The highest BCUT2D eigenvalue weighted by molar-refractivity contribution is 5.20. The van der Waals surface area contributed by atoms with Gasteiger partial charge in [0.05, 0.1) is 13.1 Å². The molecule has 0 amide bonds. The quantitative estimate of drug-likeness (QED) is 0.782. The number of hydrogen-bond acceptors (Lipinski definition) is 3. The summed E-state index contributed by atoms with van der Waals surface area (Å²) in [6, 6.07) is 2.22. The molecule has 0 unspecified atom stereocenters. The van der Waals surface area contributed by atoms with Crippen molar-refractivity contribution in [1.82, 2.24) is 10.2 Å². The van der Waals surface area contributed by atoms with E-state index in [4.69, 9.17) is 4.42 Å². The highest BCUT2D eigenvalue weighted by Gasteiger charge is 2.24. The van der Waals surface area contributed by atoms with Crippen molar-refractivity contribution >= 4 is 0 Å². The van der Waals surface area contributed by atoms with Gasteiger partial charge in [0, 0.05) is 12.1 Å². The van der Waals surface area contributed by atoms with E-state index in [1.54, 1.807) is 0 Å². The zero-order valence-electron chi connectivity index (χ0n) is 14.5. The Morgan fingerprint density at radius 2 is 2.05 bits per heavy atom. The molecule has 1 heterocycles. The molecule has 1 N–H and O–H groups in total. The van der Waals surface area contributed by atoms with Crippen LogP contribution in [0.25, 0.3) is 0 Å². The molecule has 3 heteroatoms. The summed E-state index contributed by atoms with van der Waals surface area (Å²) in [7, 11) is 0. The fourth-order valence-electron chi connectivity index (χ4n) is 2.63. The first-order valence-corrected chi connectivity index (χ1v) is 8.43. The standard InChI is InChI=1S/C18H32N2O/c1-6-9-20(12-15-7-8-15)13-16-10-14(2)17(21-16)11-19-18(3,4)5/h10,15,19H,6-9,11-13H2,1-5H3. The molecule has 0 saturated heterocycles. The molecule has 0 atom stereocenters. The van der Waals surface area contributed by atoms with Crippen LogP contribution < -0.4 is 5.32 Å². The number of nitrogens with zero attached hydrogens (tertiary/aromatic N) is 1. The Morgan fingerprint density at radius 1 is 1.33 bits per heavy atom. The van der Waals surface area contributed by atoms with Crippen molar-refractivity contribution < 1.29 is 4.42 Å². The van der Waals surface area contributed by atoms with E-state index in [1.165, 1.54) is 37.9 Å². The van der Waals surface area contributed by atoms with Gasteiger partial charge in [0.15, 0.2) is 0 Å². The van der Waals surface area contributed by atoms with Gasteiger partial charge in [0.1, 0.15) is 11.5 Å². The van der Waals surface area contributed by atoms with Crippen LogP contribution in [0.15, 0.2) is 10.5 Å². The van der Waals surface area contributed by atoms with Gasteiger partial charge in [0.2, 0.25) is 0 Å². The fraction of sp³-hybridized carbons (Fsp3) is 0.778. The maximum atomic E-state index is 6.08. The predicted octanol–water partition coefficient (Wildman–Crippen LogP) is 4.10. The van der Waals surface area contributed by atoms with E-state index in [2.05, 4.69) is 50.9 Å². The summed E-state index contributed by atoms with van der Waals surface area (Å²) in [6.07, 6.45) is 4.04. The third-order valence-corrected chi connectivity index (χ3v) is 3.98. The first kappa shape index (κ1) is 16.6. The highest BCUT2D eigenvalue weighted by atomic mass is 16.3. The van der Waals surface area contributed by atoms with Gasteiger partial charge in [-0.2, -0.15) is 0 Å². The second-order valence-corrected chi connectivity index (χ2v) is 7.60. The van der Waals surface area contributed by atoms with Gasteiger partial charge in [0.25, 0.3) is 0 Å². The molecule has 120 valence electrons. The Bertz CT molecular complexity index is 441. The van der Waals surface area contributed by atoms with Crippen LogP contribution in [0.5, 0.6) is 0 Å². The highest BCUT2D eigenvalue weighted by Crippen LogP contribution is 2.30. The van der Waals surface area contributed by atoms with Crippen LogP contribution in [0, 0.1) is 12.8 Å². The summed E-state index contributed by atoms with van der Waals surface area (Å²) in [5.74, 6) is 3.14. The molecule has 1 aromatic rings. The van der Waals surface area contributed by atoms with Crippen LogP contribution in [-0.4, -0.2) is 23.5 Å². The molecule has 0 bridgehead atoms. The molecule has 2 rings (SSSR count). The van der Waals surface area contributed by atoms with Gasteiger partial charge >= 0.3 is 0 Å². The summed E-state index contributed by atoms with van der Waals surface area (Å²) >= 11 is 0. The number of hydrogen-bond donors (Lipinski definition) is 1. The Hall–Kier alpha value is -0.800. The molecule has 0 spiro atoms. The monoisotopic (exact) mass is 292 g/mol. The van der Waals surface area contributed by atoms with Crippen LogP contribution in [0.4, 0.5) is 0 Å². The van der Waals surface area contributed by atoms with Crippen LogP contribution in [0.2, 0.25) is 0 Å². The third kappa shape index (κ3) is 5.84. The number of aryl methyl sites for hydroxylation is 1. The second kappa shape index (κ2) is 6.97. The first-order chi connectivity index (χ1) is 9.87. The largest absolute Gasteiger partial charge is 0.463 e. The summed E-state index contributed by atoms with van der Waals surface area (Å²) in [6.45, 7) is 15.1. The minimum atomic E-state index is 0.125. The molecule has 21 heavy (non-hydrogen) atoms. The summed E-state index contributed by atoms with van der Waals surface area (Å²) in [5.41, 5.74) is 1.39. The van der Waals surface area contributed by atoms with Gasteiger partial charge in [-0.3, -0.25) is 4.90 Å². The maximum Gasteiger partial charge on any atom is 0.120 e. The van der Waals surface area contributed by atoms with Crippen molar-refractivity contribution in [2.75, 3.05) is 13.1 Å². The van der Waals surface area contributed by atoms with Gasteiger partial charge in [-0.15, -0.1) is 0 Å². The van der Waals surface area contributed by atoms with Gasteiger partial charge in [-0.25, -0.2) is 0 Å². The molecule has 0 aromatic carbocycles. The van der Waals surface area contributed by atoms with Crippen LogP contribution in [0.3, 0.4) is 0 Å². The van der Waals surface area contributed by atoms with E-state index >= 15 is 0 Å². The zero-order chi connectivity index (χ0) is 15.5. The number of furan rings is 1. The molecule has 3 nitrogen and oxygen atoms in total. The average Bonchev–Trinajstić information content (AvgIpc) is 3.10. The minimum absolute atomic E-state index is 0.125. The Balaban J connectivity index is 1.92. The third-order valence-electron chi connectivity index (χ3n) is 3.98. The normalized spacial score (nSPS) is 15.9. The molecule has 1 aliphatic rings. The lowest BCUT2D eigenvalue weighted by Gasteiger charge is -2.20. The van der Waals surface area contributed by atoms with E-state index in [9.17, 15) is 0 Å². The lowest BCUT2D eigenvalue weighted by atomic mass is 10.1. The Morgan fingerprint density at radius 3 is 2.62 bits per heavy atom. The van der Waals surface area contributed by atoms with Crippen molar-refractivity contribution in [3.8, 4) is 0 Å². The first-order valence-electron chi connectivity index (χ1n) is 8.43. The van der Waals surface area contributed by atoms with E-state index in [0.29, 0.717) is 0 Å². The van der Waals surface area contributed by atoms with E-state index < -0.39 is 0 Å². The van der Waals surface area contributed by atoms with Gasteiger partial charge in [-0.05, 0) is 71.0 Å². The molecular weight excluding hydrogens is 260 g/mol. The Kier molecular flexibility index (Phi) is 5.50. The SMILES string of the molecule is CCCN(Cc1cc(C)c(CNC(C)(C)C)o1)CC1CC1. The summed E-state index contributed by atoms with van der Waals surface area (Å²) < 4.78 is 6.08. The minimum Gasteiger partial charge on any atom is -0.463 e. The second-order valence-electron chi connectivity index (χ2n) is 7.60. The maximum absolute atomic E-state index is 6.08. The van der Waals surface area contributed by atoms with E-state index in [-0.39, 0.29) is 5.54 Å². The summed E-state index contributed by atoms with van der Waals surface area (Å²) in [4.78, 5) is 2.55. The van der Waals surface area contributed by atoms with Crippen molar-refractivity contribution in [2.45, 2.75) is 72.5 Å². The van der Waals surface area contributed by atoms with Crippen LogP contribution in [0.1, 0.15) is 64.0 Å². The lowest BCUT2D eigenvalue weighted by Crippen LogP contribution is -2.35. The van der Waals surface area contributed by atoms with Crippen LogP contribution in [-0.2, 0) is 13.1 Å². The topological polar surface area (TPSA) is 28.4 Å². The van der Waals surface area contributed by atoms with Gasteiger partial charge < -0.3 is 9.73 Å². The van der Waals surface area contributed by atoms with Crippen molar-refractivity contribution in [3.05, 3.63) is 23.2 Å². The molecule has 1 aromatic heterocycles. The predicted molar refractivity (Wildman–Crippen MR) is 88.3 cm³/mol. The Labute approximate surface area is 130 Å². The number of rotatable bonds is 8. The molecule has 1 fully saturated rings. The van der Waals surface area contributed by atoms with E-state index in [0.717, 1.165) is 30.5 Å². The average molecular weight is 292 g/mol. The van der Waals surface area contributed by atoms with Crippen molar-refractivity contribution in [2.24, 2.45) is 5.92 Å². The lowest BCUT2D eigenvalue weighted by molar-refractivity contribution is 0.231. The van der Waals surface area contributed by atoms with E-state index in [1.807, 2.05) is 0 Å². The molecule has 1 aliphatic carbocycles. The van der Waals surface area contributed by atoms with Gasteiger partial charge in [-0.1, -0.05) is 6.92 Å². The molecular formula is C18H32N2O. The smallest absolute Gasteiger partial charge is 0.120 e. The molecule has 1 saturated carbocycles. The van der Waals surface area contributed by atoms with Crippen LogP contribution >= 0.6 is 0 Å². The van der Waals surface area contributed by atoms with Crippen molar-refractivity contribution in [3.63, 3.8) is 0 Å². The number of nitrogens with one attached hydrogen (secondary N) is 1. The molecule has 0 radical (unpaired) electrons. The van der Waals surface area contributed by atoms with Crippen molar-refractivity contribution in [1.29, 1.82) is 0 Å².